The smallest absolute Gasteiger partial charge is 0.340 e. The van der Waals surface area contributed by atoms with Crippen molar-refractivity contribution in [1.29, 1.82) is 0 Å². The molecule has 0 amide bonds. The summed E-state index contributed by atoms with van der Waals surface area (Å²) in [4.78, 5) is 4.23. The highest BCUT2D eigenvalue weighted by Crippen LogP contribution is 2.22. The first-order valence-corrected chi connectivity index (χ1v) is 7.93. The Morgan fingerprint density at radius 3 is 2.55 bits per heavy atom. The number of aromatic nitrogens is 3. The molecule has 2 aromatic heterocycles. The molecule has 0 aliphatic heterocycles. The zero-order valence-electron chi connectivity index (χ0n) is 11.7. The van der Waals surface area contributed by atoms with Crippen LogP contribution < -0.4 is 4.18 Å². The van der Waals surface area contributed by atoms with Crippen molar-refractivity contribution >= 4 is 10.1 Å². The second-order valence-electron chi connectivity index (χ2n) is 4.69. The van der Waals surface area contributed by atoms with Gasteiger partial charge in [0.2, 0.25) is 0 Å². The molecule has 1 aromatic carbocycles. The van der Waals surface area contributed by atoms with E-state index >= 15 is 0 Å². The Kier molecular flexibility index (Phi) is 3.64. The second-order valence-corrected chi connectivity index (χ2v) is 6.23. The van der Waals surface area contributed by atoms with Gasteiger partial charge in [-0.25, -0.2) is 0 Å². The molecule has 0 saturated heterocycles. The molecule has 0 unspecified atom stereocenters. The molecule has 112 valence electrons. The first-order valence-electron chi connectivity index (χ1n) is 6.52. The predicted octanol–water partition coefficient (Wildman–Crippen LogP) is 2.55. The summed E-state index contributed by atoms with van der Waals surface area (Å²) in [5.74, 6) is -0.0266. The highest BCUT2D eigenvalue weighted by Gasteiger charge is 2.18. The van der Waals surface area contributed by atoms with Crippen molar-refractivity contribution in [3.63, 3.8) is 0 Å². The van der Waals surface area contributed by atoms with Crippen LogP contribution in [-0.4, -0.2) is 23.6 Å². The van der Waals surface area contributed by atoms with E-state index in [-0.39, 0.29) is 10.8 Å². The maximum absolute atomic E-state index is 12.2. The van der Waals surface area contributed by atoms with Crippen LogP contribution in [0.1, 0.15) is 5.56 Å². The third-order valence-corrected chi connectivity index (χ3v) is 4.24. The van der Waals surface area contributed by atoms with E-state index in [1.165, 1.54) is 18.2 Å². The van der Waals surface area contributed by atoms with Crippen LogP contribution in [-0.2, 0) is 10.1 Å². The van der Waals surface area contributed by atoms with Crippen LogP contribution in [0, 0.1) is 6.92 Å². The van der Waals surface area contributed by atoms with Crippen LogP contribution in [0.15, 0.2) is 59.6 Å². The van der Waals surface area contributed by atoms with E-state index in [4.69, 9.17) is 4.18 Å². The normalized spacial score (nSPS) is 11.3. The second kappa shape index (κ2) is 5.61. The fourth-order valence-corrected chi connectivity index (χ4v) is 2.74. The molecule has 3 rings (SSSR count). The summed E-state index contributed by atoms with van der Waals surface area (Å²) in [7, 11) is -3.90. The van der Waals surface area contributed by atoms with Crippen molar-refractivity contribution in [3.8, 4) is 17.3 Å². The average Bonchev–Trinajstić information content (AvgIpc) is 2.96. The van der Waals surface area contributed by atoms with Gasteiger partial charge in [0.15, 0.2) is 0 Å². The van der Waals surface area contributed by atoms with E-state index in [1.54, 1.807) is 30.5 Å². The number of hydrogen-bond acceptors (Lipinski definition) is 5. The summed E-state index contributed by atoms with van der Waals surface area (Å²) in [6, 6.07) is 13.3. The Morgan fingerprint density at radius 2 is 1.86 bits per heavy atom. The topological polar surface area (TPSA) is 84.9 Å². The number of H-pyrrole nitrogens is 1. The summed E-state index contributed by atoms with van der Waals surface area (Å²) in [6.45, 7) is 1.88. The largest absolute Gasteiger partial charge is 0.357 e. The highest BCUT2D eigenvalue weighted by molar-refractivity contribution is 7.87. The molecule has 1 N–H and O–H groups in total. The number of benzene rings is 1. The van der Waals surface area contributed by atoms with Crippen LogP contribution in [0.5, 0.6) is 5.88 Å². The molecule has 0 atom stereocenters. The molecular weight excluding hydrogens is 302 g/mol. The first kappa shape index (κ1) is 14.3. The molecule has 7 heteroatoms. The maximum atomic E-state index is 12.2. The van der Waals surface area contributed by atoms with Gasteiger partial charge in [-0.3, -0.25) is 10.1 Å². The van der Waals surface area contributed by atoms with Gasteiger partial charge in [-0.1, -0.05) is 23.8 Å². The number of aromatic amines is 1. The Bertz CT molecular complexity index is 872. The maximum Gasteiger partial charge on any atom is 0.340 e. The Labute approximate surface area is 127 Å². The van der Waals surface area contributed by atoms with Gasteiger partial charge in [0, 0.05) is 12.3 Å². The number of aryl methyl sites for hydroxylation is 1. The van der Waals surface area contributed by atoms with E-state index in [0.29, 0.717) is 11.4 Å². The summed E-state index contributed by atoms with van der Waals surface area (Å²) in [5, 5.41) is 6.56. The van der Waals surface area contributed by atoms with Crippen LogP contribution in [0.4, 0.5) is 0 Å². The number of nitrogens with one attached hydrogen (secondary N) is 1. The minimum atomic E-state index is -3.90. The SMILES string of the molecule is Cc1ccc(S(=O)(=O)Oc2cc(-c3ccccn3)[nH]n2)cc1. The monoisotopic (exact) mass is 315 g/mol. The molecule has 6 nitrogen and oxygen atoms in total. The van der Waals surface area contributed by atoms with E-state index in [2.05, 4.69) is 15.2 Å². The average molecular weight is 315 g/mol. The molecular formula is C15H13N3O3S. The van der Waals surface area contributed by atoms with Gasteiger partial charge in [0.25, 0.3) is 5.88 Å². The molecule has 0 fully saturated rings. The fourth-order valence-electron chi connectivity index (χ4n) is 1.86. The van der Waals surface area contributed by atoms with E-state index in [1.807, 2.05) is 13.0 Å². The predicted molar refractivity (Wildman–Crippen MR) is 80.8 cm³/mol. The van der Waals surface area contributed by atoms with Crippen molar-refractivity contribution in [3.05, 3.63) is 60.3 Å². The van der Waals surface area contributed by atoms with Gasteiger partial charge >= 0.3 is 10.1 Å². The van der Waals surface area contributed by atoms with Gasteiger partial charge < -0.3 is 4.18 Å². The van der Waals surface area contributed by atoms with Gasteiger partial charge in [-0.15, -0.1) is 5.10 Å². The van der Waals surface area contributed by atoms with Crippen LogP contribution in [0.2, 0.25) is 0 Å². The molecule has 2 heterocycles. The summed E-state index contributed by atoms with van der Waals surface area (Å²) in [6.07, 6.45) is 1.64. The Morgan fingerprint density at radius 1 is 1.09 bits per heavy atom. The van der Waals surface area contributed by atoms with Crippen LogP contribution >= 0.6 is 0 Å². The summed E-state index contributed by atoms with van der Waals surface area (Å²) in [5.41, 5.74) is 2.20. The minimum Gasteiger partial charge on any atom is -0.357 e. The van der Waals surface area contributed by atoms with Crippen molar-refractivity contribution in [2.24, 2.45) is 0 Å². The van der Waals surface area contributed by atoms with E-state index in [9.17, 15) is 8.42 Å². The van der Waals surface area contributed by atoms with Gasteiger partial charge in [0.05, 0.1) is 11.4 Å². The number of pyridine rings is 1. The lowest BCUT2D eigenvalue weighted by Crippen LogP contribution is -2.09. The molecule has 0 bridgehead atoms. The third-order valence-electron chi connectivity index (χ3n) is 3.00. The Balaban J connectivity index is 1.84. The highest BCUT2D eigenvalue weighted by atomic mass is 32.2. The van der Waals surface area contributed by atoms with Crippen molar-refractivity contribution < 1.29 is 12.6 Å². The Hall–Kier alpha value is -2.67. The molecule has 0 spiro atoms. The lowest BCUT2D eigenvalue weighted by atomic mass is 10.2. The molecule has 0 saturated carbocycles. The van der Waals surface area contributed by atoms with Gasteiger partial charge in [-0.2, -0.15) is 8.42 Å². The fraction of sp³-hybridized carbons (Fsp3) is 0.0667. The number of hydrogen-bond donors (Lipinski definition) is 1. The molecule has 0 aliphatic rings. The minimum absolute atomic E-state index is 0.0266. The number of rotatable bonds is 4. The lowest BCUT2D eigenvalue weighted by Gasteiger charge is -2.04. The standard InChI is InChI=1S/C15H13N3O3S/c1-11-5-7-12(8-6-11)22(19,20)21-15-10-14(17-18-15)13-4-2-3-9-16-13/h2-10H,1H3,(H,17,18). The van der Waals surface area contributed by atoms with E-state index < -0.39 is 10.1 Å². The van der Waals surface area contributed by atoms with Crippen molar-refractivity contribution in [2.75, 3.05) is 0 Å². The molecule has 22 heavy (non-hydrogen) atoms. The zero-order chi connectivity index (χ0) is 15.6. The van der Waals surface area contributed by atoms with E-state index in [0.717, 1.165) is 5.56 Å². The summed E-state index contributed by atoms with van der Waals surface area (Å²) >= 11 is 0. The zero-order valence-corrected chi connectivity index (χ0v) is 12.5. The molecule has 3 aromatic rings. The van der Waals surface area contributed by atoms with Crippen LogP contribution in [0.25, 0.3) is 11.4 Å². The summed E-state index contributed by atoms with van der Waals surface area (Å²) < 4.78 is 29.4. The van der Waals surface area contributed by atoms with Crippen LogP contribution in [0.3, 0.4) is 0 Å². The van der Waals surface area contributed by atoms with Gasteiger partial charge in [-0.05, 0) is 31.2 Å². The third kappa shape index (κ3) is 2.99. The van der Waals surface area contributed by atoms with Crippen molar-refractivity contribution in [1.82, 2.24) is 15.2 Å². The molecule has 0 radical (unpaired) electrons. The number of nitrogens with zero attached hydrogens (tertiary/aromatic N) is 2. The van der Waals surface area contributed by atoms with Crippen molar-refractivity contribution in [2.45, 2.75) is 11.8 Å². The van der Waals surface area contributed by atoms with Gasteiger partial charge in [0.1, 0.15) is 4.90 Å². The first-order chi connectivity index (χ1) is 10.5. The quantitative estimate of drug-likeness (QED) is 0.748. The molecule has 0 aliphatic carbocycles. The lowest BCUT2D eigenvalue weighted by molar-refractivity contribution is 0.475.